The van der Waals surface area contributed by atoms with Crippen LogP contribution in [0.1, 0.15) is 9.67 Å². The third kappa shape index (κ3) is 1.44. The van der Waals surface area contributed by atoms with Gasteiger partial charge in [-0.1, -0.05) is 6.07 Å². The molecule has 1 aromatic heterocycles. The number of carbonyl (C=O) groups excluding carboxylic acids is 1. The number of benzene rings is 1. The number of aldehydes is 1. The van der Waals surface area contributed by atoms with E-state index in [4.69, 9.17) is 5.73 Å². The molecule has 13 heavy (non-hydrogen) atoms. The Labute approximate surface area is 92.9 Å². The molecule has 0 radical (unpaired) electrons. The third-order valence-corrected chi connectivity index (χ3v) is 4.39. The van der Waals surface area contributed by atoms with Crippen LogP contribution in [0, 0.1) is 3.57 Å². The Morgan fingerprint density at radius 1 is 1.46 bits per heavy atom. The lowest BCUT2D eigenvalue weighted by Gasteiger charge is -1.92. The zero-order valence-electron chi connectivity index (χ0n) is 6.58. The van der Waals surface area contributed by atoms with Gasteiger partial charge >= 0.3 is 0 Å². The highest BCUT2D eigenvalue weighted by Gasteiger charge is 2.08. The second-order valence-corrected chi connectivity index (χ2v) is 4.82. The van der Waals surface area contributed by atoms with Crippen molar-refractivity contribution in [2.75, 3.05) is 5.73 Å². The molecule has 0 bridgehead atoms. The van der Waals surface area contributed by atoms with Gasteiger partial charge in [-0.2, -0.15) is 0 Å². The molecule has 66 valence electrons. The molecule has 0 unspecified atom stereocenters. The number of hydrogen-bond acceptors (Lipinski definition) is 3. The van der Waals surface area contributed by atoms with Crippen LogP contribution in [0.4, 0.5) is 5.69 Å². The zero-order chi connectivity index (χ0) is 9.42. The fourth-order valence-corrected chi connectivity index (χ4v) is 3.25. The van der Waals surface area contributed by atoms with Gasteiger partial charge in [0.15, 0.2) is 6.29 Å². The molecule has 2 rings (SSSR count). The number of carbonyl (C=O) groups is 1. The van der Waals surface area contributed by atoms with Gasteiger partial charge in [0.25, 0.3) is 0 Å². The Morgan fingerprint density at radius 2 is 2.23 bits per heavy atom. The number of fused-ring (bicyclic) bond motifs is 1. The largest absolute Gasteiger partial charge is 0.399 e. The van der Waals surface area contributed by atoms with Crippen molar-refractivity contribution in [2.45, 2.75) is 0 Å². The van der Waals surface area contributed by atoms with Crippen LogP contribution in [0.5, 0.6) is 0 Å². The molecule has 0 spiro atoms. The van der Waals surface area contributed by atoms with E-state index in [0.717, 1.165) is 30.5 Å². The molecule has 2 N–H and O–H groups in total. The molecule has 0 aliphatic heterocycles. The van der Waals surface area contributed by atoms with Crippen LogP contribution in [-0.4, -0.2) is 6.29 Å². The van der Waals surface area contributed by atoms with Crippen LogP contribution in [0.2, 0.25) is 0 Å². The molecular formula is C9H6INOS. The van der Waals surface area contributed by atoms with Gasteiger partial charge in [-0.25, -0.2) is 0 Å². The molecule has 0 aliphatic rings. The Hall–Kier alpha value is -0.620. The second kappa shape index (κ2) is 3.26. The van der Waals surface area contributed by atoms with Crippen molar-refractivity contribution in [3.05, 3.63) is 26.6 Å². The lowest BCUT2D eigenvalue weighted by molar-refractivity contribution is 0.112. The van der Waals surface area contributed by atoms with Gasteiger partial charge in [-0.15, -0.1) is 11.3 Å². The standard InChI is InChI=1S/C9H6INOS/c10-9-6-2-1-5(11)3-7(6)13-8(9)4-12/h1-4H,11H2. The second-order valence-electron chi connectivity index (χ2n) is 2.65. The van der Waals surface area contributed by atoms with E-state index < -0.39 is 0 Å². The topological polar surface area (TPSA) is 43.1 Å². The van der Waals surface area contributed by atoms with Gasteiger partial charge in [-0.3, -0.25) is 4.79 Å². The molecule has 0 fully saturated rings. The fraction of sp³-hybridized carbons (Fsp3) is 0. The number of rotatable bonds is 1. The minimum Gasteiger partial charge on any atom is -0.399 e. The molecular weight excluding hydrogens is 297 g/mol. The summed E-state index contributed by atoms with van der Waals surface area (Å²) in [6, 6.07) is 5.71. The summed E-state index contributed by atoms with van der Waals surface area (Å²) in [5.74, 6) is 0. The molecule has 2 aromatic rings. The van der Waals surface area contributed by atoms with Gasteiger partial charge in [0.2, 0.25) is 0 Å². The highest BCUT2D eigenvalue weighted by Crippen LogP contribution is 2.32. The molecule has 1 heterocycles. The Bertz CT molecular complexity index is 478. The predicted molar refractivity (Wildman–Crippen MR) is 64.3 cm³/mol. The Kier molecular flexibility index (Phi) is 2.25. The Morgan fingerprint density at radius 3 is 2.92 bits per heavy atom. The first kappa shape index (κ1) is 8.96. The first-order valence-corrected chi connectivity index (χ1v) is 5.54. The number of thiophene rings is 1. The molecule has 0 aliphatic carbocycles. The maximum Gasteiger partial charge on any atom is 0.161 e. The highest BCUT2D eigenvalue weighted by atomic mass is 127. The van der Waals surface area contributed by atoms with E-state index in [9.17, 15) is 4.79 Å². The third-order valence-electron chi connectivity index (χ3n) is 1.79. The van der Waals surface area contributed by atoms with Crippen LogP contribution in [-0.2, 0) is 0 Å². The quantitative estimate of drug-likeness (QED) is 0.500. The summed E-state index contributed by atoms with van der Waals surface area (Å²) in [4.78, 5) is 11.4. The summed E-state index contributed by atoms with van der Waals surface area (Å²) in [5.41, 5.74) is 6.38. The molecule has 0 saturated carbocycles. The van der Waals surface area contributed by atoms with E-state index in [0.29, 0.717) is 0 Å². The van der Waals surface area contributed by atoms with Gasteiger partial charge < -0.3 is 5.73 Å². The number of nitrogen functional groups attached to an aromatic ring is 1. The van der Waals surface area contributed by atoms with Gasteiger partial charge in [0.1, 0.15) is 0 Å². The predicted octanol–water partition coefficient (Wildman–Crippen LogP) is 2.90. The van der Waals surface area contributed by atoms with Crippen LogP contribution >= 0.6 is 33.9 Å². The maximum absolute atomic E-state index is 10.7. The summed E-state index contributed by atoms with van der Waals surface area (Å²) in [6.45, 7) is 0. The van der Waals surface area contributed by atoms with Crippen LogP contribution in [0.3, 0.4) is 0 Å². The Balaban J connectivity index is 2.83. The minimum atomic E-state index is 0.739. The lowest BCUT2D eigenvalue weighted by atomic mass is 10.2. The number of anilines is 1. The number of nitrogens with two attached hydrogens (primary N) is 1. The molecule has 0 amide bonds. The average Bonchev–Trinajstić information content (AvgIpc) is 2.42. The van der Waals surface area contributed by atoms with Crippen molar-refractivity contribution in [3.63, 3.8) is 0 Å². The highest BCUT2D eigenvalue weighted by molar-refractivity contribution is 14.1. The van der Waals surface area contributed by atoms with Crippen molar-refractivity contribution in [3.8, 4) is 0 Å². The summed E-state index contributed by atoms with van der Waals surface area (Å²) in [7, 11) is 0. The molecule has 1 aromatic carbocycles. The lowest BCUT2D eigenvalue weighted by Crippen LogP contribution is -1.81. The van der Waals surface area contributed by atoms with E-state index in [1.54, 1.807) is 0 Å². The summed E-state index contributed by atoms with van der Waals surface area (Å²) in [6.07, 6.45) is 0.891. The molecule has 0 saturated heterocycles. The van der Waals surface area contributed by atoms with E-state index in [-0.39, 0.29) is 0 Å². The molecule has 0 atom stereocenters. The smallest absolute Gasteiger partial charge is 0.161 e. The fourth-order valence-electron chi connectivity index (χ4n) is 1.18. The van der Waals surface area contributed by atoms with Crippen LogP contribution in [0.25, 0.3) is 10.1 Å². The number of hydrogen-bond donors (Lipinski definition) is 1. The van der Waals surface area contributed by atoms with Crippen molar-refractivity contribution in [1.82, 2.24) is 0 Å². The van der Waals surface area contributed by atoms with Gasteiger partial charge in [-0.05, 0) is 34.7 Å². The van der Waals surface area contributed by atoms with Crippen molar-refractivity contribution < 1.29 is 4.79 Å². The summed E-state index contributed by atoms with van der Waals surface area (Å²) < 4.78 is 2.10. The first-order valence-electron chi connectivity index (χ1n) is 3.65. The van der Waals surface area contributed by atoms with Crippen LogP contribution in [0.15, 0.2) is 18.2 Å². The van der Waals surface area contributed by atoms with E-state index in [2.05, 4.69) is 22.6 Å². The van der Waals surface area contributed by atoms with Crippen LogP contribution < -0.4 is 5.73 Å². The number of halogens is 1. The average molecular weight is 303 g/mol. The van der Waals surface area contributed by atoms with E-state index >= 15 is 0 Å². The van der Waals surface area contributed by atoms with Gasteiger partial charge in [0.05, 0.1) is 4.88 Å². The normalized spacial score (nSPS) is 10.5. The van der Waals surface area contributed by atoms with Crippen molar-refractivity contribution in [2.24, 2.45) is 0 Å². The minimum absolute atomic E-state index is 0.739. The molecule has 2 nitrogen and oxygen atoms in total. The van der Waals surface area contributed by atoms with E-state index in [1.165, 1.54) is 11.3 Å². The maximum atomic E-state index is 10.7. The SMILES string of the molecule is Nc1ccc2c(I)c(C=O)sc2c1. The van der Waals surface area contributed by atoms with Gasteiger partial charge in [0, 0.05) is 19.3 Å². The zero-order valence-corrected chi connectivity index (χ0v) is 9.56. The van der Waals surface area contributed by atoms with Crippen molar-refractivity contribution >= 4 is 56.0 Å². The van der Waals surface area contributed by atoms with E-state index in [1.807, 2.05) is 18.2 Å². The molecule has 4 heteroatoms. The first-order chi connectivity index (χ1) is 6.22. The summed E-state index contributed by atoms with van der Waals surface area (Å²) in [5, 5.41) is 1.11. The summed E-state index contributed by atoms with van der Waals surface area (Å²) >= 11 is 3.67. The monoisotopic (exact) mass is 303 g/mol. The van der Waals surface area contributed by atoms with Crippen molar-refractivity contribution in [1.29, 1.82) is 0 Å².